The van der Waals surface area contributed by atoms with Crippen LogP contribution < -0.4 is 11.1 Å². The second-order valence-electron chi connectivity index (χ2n) is 4.27. The Morgan fingerprint density at radius 2 is 2.05 bits per heavy atom. The lowest BCUT2D eigenvalue weighted by atomic mass is 10.1. The predicted molar refractivity (Wildman–Crippen MR) is 73.5 cm³/mol. The molecule has 2 rings (SSSR count). The molecule has 6 nitrogen and oxygen atoms in total. The van der Waals surface area contributed by atoms with Crippen LogP contribution in [0.3, 0.4) is 0 Å². The third kappa shape index (κ3) is 2.80. The quantitative estimate of drug-likeness (QED) is 0.342. The molecule has 0 bridgehead atoms. The van der Waals surface area contributed by atoms with Crippen molar-refractivity contribution in [2.24, 2.45) is 10.9 Å². The lowest BCUT2D eigenvalue weighted by molar-refractivity contribution is 0.0917. The summed E-state index contributed by atoms with van der Waals surface area (Å²) in [6.45, 7) is 1.76. The molecule has 0 spiro atoms. The number of hydrogen-bond acceptors (Lipinski definition) is 4. The number of nitrogens with zero attached hydrogens (tertiary/aromatic N) is 1. The highest BCUT2D eigenvalue weighted by Gasteiger charge is 2.22. The molecule has 1 heterocycles. The molecule has 0 aliphatic heterocycles. The summed E-state index contributed by atoms with van der Waals surface area (Å²) in [4.78, 5) is 12.1. The molecule has 1 aromatic carbocycles. The van der Waals surface area contributed by atoms with Crippen molar-refractivity contribution in [3.05, 3.63) is 59.5 Å². The number of amidine groups is 1. The van der Waals surface area contributed by atoms with E-state index in [-0.39, 0.29) is 11.6 Å². The van der Waals surface area contributed by atoms with Gasteiger partial charge < -0.3 is 20.7 Å². The number of benzene rings is 1. The maximum atomic E-state index is 12.1. The number of nitrogens with one attached hydrogen (secondary N) is 1. The second kappa shape index (κ2) is 5.92. The number of carbonyl (C=O) groups excluding carboxylic acids is 1. The van der Waals surface area contributed by atoms with Gasteiger partial charge in [-0.05, 0) is 18.6 Å². The minimum absolute atomic E-state index is 0.103. The smallest absolute Gasteiger partial charge is 0.288 e. The fourth-order valence-electron chi connectivity index (χ4n) is 1.83. The van der Waals surface area contributed by atoms with E-state index in [1.165, 1.54) is 6.26 Å². The maximum Gasteiger partial charge on any atom is 0.288 e. The summed E-state index contributed by atoms with van der Waals surface area (Å²) < 4.78 is 5.12. The summed E-state index contributed by atoms with van der Waals surface area (Å²) in [7, 11) is 0. The first-order valence-electron chi connectivity index (χ1n) is 6.00. The number of nitrogens with two attached hydrogens (primary N) is 1. The Morgan fingerprint density at radius 1 is 1.35 bits per heavy atom. The average Bonchev–Trinajstić information content (AvgIpc) is 2.91. The molecule has 0 fully saturated rings. The molecular formula is C14H15N3O3. The van der Waals surface area contributed by atoms with Crippen LogP contribution in [-0.2, 0) is 0 Å². The van der Waals surface area contributed by atoms with E-state index in [0.29, 0.717) is 11.1 Å². The van der Waals surface area contributed by atoms with E-state index >= 15 is 0 Å². The van der Waals surface area contributed by atoms with Crippen LogP contribution in [0.1, 0.15) is 27.7 Å². The number of hydrogen-bond donors (Lipinski definition) is 3. The summed E-state index contributed by atoms with van der Waals surface area (Å²) in [5.41, 5.74) is 7.07. The highest BCUT2D eigenvalue weighted by atomic mass is 16.4. The zero-order valence-electron chi connectivity index (χ0n) is 10.9. The Hall–Kier alpha value is -2.76. The minimum atomic E-state index is -0.724. The van der Waals surface area contributed by atoms with E-state index in [4.69, 9.17) is 15.4 Å². The molecule has 0 radical (unpaired) electrons. The minimum Gasteiger partial charge on any atom is -0.459 e. The van der Waals surface area contributed by atoms with Gasteiger partial charge in [0.05, 0.1) is 6.26 Å². The monoisotopic (exact) mass is 273 g/mol. The van der Waals surface area contributed by atoms with Gasteiger partial charge in [0.2, 0.25) is 0 Å². The van der Waals surface area contributed by atoms with Gasteiger partial charge in [0, 0.05) is 5.56 Å². The van der Waals surface area contributed by atoms with Crippen molar-refractivity contribution in [2.75, 3.05) is 0 Å². The van der Waals surface area contributed by atoms with Crippen molar-refractivity contribution in [1.29, 1.82) is 0 Å². The first-order valence-corrected chi connectivity index (χ1v) is 6.00. The van der Waals surface area contributed by atoms with Gasteiger partial charge in [-0.3, -0.25) is 4.79 Å². The molecule has 20 heavy (non-hydrogen) atoms. The van der Waals surface area contributed by atoms with Crippen LogP contribution in [0.2, 0.25) is 0 Å². The standard InChI is InChI=1S/C14H15N3O3/c1-9-7-8-20-12(9)14(18)16-11(13(15)17-19)10-5-3-2-4-6-10/h2-8,11,19H,1H3,(H2,15,17)(H,16,18). The van der Waals surface area contributed by atoms with Crippen LogP contribution in [0.25, 0.3) is 0 Å². The number of furan rings is 1. The Kier molecular flexibility index (Phi) is 4.05. The first kappa shape index (κ1) is 13.7. The van der Waals surface area contributed by atoms with Gasteiger partial charge in [0.25, 0.3) is 5.91 Å². The summed E-state index contributed by atoms with van der Waals surface area (Å²) in [5, 5.41) is 14.5. The van der Waals surface area contributed by atoms with Crippen LogP contribution in [0.15, 0.2) is 52.2 Å². The van der Waals surface area contributed by atoms with E-state index in [0.717, 1.165) is 0 Å². The molecule has 1 atom stereocenters. The largest absolute Gasteiger partial charge is 0.459 e. The molecule has 1 aromatic heterocycles. The van der Waals surface area contributed by atoms with Gasteiger partial charge in [-0.1, -0.05) is 35.5 Å². The number of carbonyl (C=O) groups is 1. The van der Waals surface area contributed by atoms with Crippen molar-refractivity contribution in [1.82, 2.24) is 5.32 Å². The maximum absolute atomic E-state index is 12.1. The van der Waals surface area contributed by atoms with E-state index in [9.17, 15) is 4.79 Å². The zero-order chi connectivity index (χ0) is 14.5. The van der Waals surface area contributed by atoms with E-state index < -0.39 is 11.9 Å². The lowest BCUT2D eigenvalue weighted by Crippen LogP contribution is -2.37. The number of amides is 1. The SMILES string of the molecule is Cc1ccoc1C(=O)NC(/C(N)=N/O)c1ccccc1. The highest BCUT2D eigenvalue weighted by molar-refractivity contribution is 5.97. The topological polar surface area (TPSA) is 101 Å². The predicted octanol–water partition coefficient (Wildman–Crippen LogP) is 1.81. The summed E-state index contributed by atoms with van der Waals surface area (Å²) in [6, 6.07) is 9.96. The van der Waals surface area contributed by atoms with Gasteiger partial charge in [0.1, 0.15) is 6.04 Å². The summed E-state index contributed by atoms with van der Waals surface area (Å²) in [6.07, 6.45) is 1.44. The van der Waals surface area contributed by atoms with Gasteiger partial charge in [0.15, 0.2) is 11.6 Å². The molecule has 0 saturated heterocycles. The first-order chi connectivity index (χ1) is 9.63. The van der Waals surface area contributed by atoms with Crippen LogP contribution >= 0.6 is 0 Å². The Balaban J connectivity index is 2.26. The zero-order valence-corrected chi connectivity index (χ0v) is 10.9. The molecule has 1 unspecified atom stereocenters. The number of rotatable bonds is 4. The third-order valence-electron chi connectivity index (χ3n) is 2.89. The van der Waals surface area contributed by atoms with E-state index in [1.807, 2.05) is 6.07 Å². The van der Waals surface area contributed by atoms with Crippen molar-refractivity contribution >= 4 is 11.7 Å². The second-order valence-corrected chi connectivity index (χ2v) is 4.27. The van der Waals surface area contributed by atoms with Crippen molar-refractivity contribution in [3.63, 3.8) is 0 Å². The molecule has 0 aliphatic carbocycles. The molecule has 0 aliphatic rings. The van der Waals surface area contributed by atoms with Crippen LogP contribution in [0.4, 0.5) is 0 Å². The normalized spacial score (nSPS) is 12.9. The molecular weight excluding hydrogens is 258 g/mol. The summed E-state index contributed by atoms with van der Waals surface area (Å²) in [5.74, 6) is -0.321. The molecule has 4 N–H and O–H groups in total. The Morgan fingerprint density at radius 3 is 2.60 bits per heavy atom. The van der Waals surface area contributed by atoms with Crippen molar-refractivity contribution in [3.8, 4) is 0 Å². The number of aryl methyl sites for hydroxylation is 1. The fourth-order valence-corrected chi connectivity index (χ4v) is 1.83. The van der Waals surface area contributed by atoms with Crippen LogP contribution in [-0.4, -0.2) is 17.0 Å². The van der Waals surface area contributed by atoms with Crippen molar-refractivity contribution < 1.29 is 14.4 Å². The molecule has 0 saturated carbocycles. The van der Waals surface area contributed by atoms with Crippen molar-refractivity contribution in [2.45, 2.75) is 13.0 Å². The summed E-state index contributed by atoms with van der Waals surface area (Å²) >= 11 is 0. The molecule has 104 valence electrons. The highest BCUT2D eigenvalue weighted by Crippen LogP contribution is 2.15. The molecule has 1 amide bonds. The molecule has 6 heteroatoms. The van der Waals surface area contributed by atoms with E-state index in [1.54, 1.807) is 37.3 Å². The van der Waals surface area contributed by atoms with Gasteiger partial charge >= 0.3 is 0 Å². The fraction of sp³-hybridized carbons (Fsp3) is 0.143. The van der Waals surface area contributed by atoms with Gasteiger partial charge in [-0.25, -0.2) is 0 Å². The van der Waals surface area contributed by atoms with Gasteiger partial charge in [-0.2, -0.15) is 0 Å². The lowest BCUT2D eigenvalue weighted by Gasteiger charge is -2.17. The van der Waals surface area contributed by atoms with Crippen LogP contribution in [0.5, 0.6) is 0 Å². The van der Waals surface area contributed by atoms with E-state index in [2.05, 4.69) is 10.5 Å². The Bertz CT molecular complexity index is 620. The molecule has 2 aromatic rings. The third-order valence-corrected chi connectivity index (χ3v) is 2.89. The average molecular weight is 273 g/mol. The number of oxime groups is 1. The van der Waals surface area contributed by atoms with Crippen LogP contribution in [0, 0.1) is 6.92 Å². The van der Waals surface area contributed by atoms with Gasteiger partial charge in [-0.15, -0.1) is 0 Å². The Labute approximate surface area is 115 Å².